The van der Waals surface area contributed by atoms with Crippen LogP contribution in [0.25, 0.3) is 10.9 Å². The molecule has 0 amide bonds. The monoisotopic (exact) mass is 498 g/mol. The molecule has 1 fully saturated rings. The summed E-state index contributed by atoms with van der Waals surface area (Å²) < 4.78 is 72.5. The minimum Gasteiger partial charge on any atom is -0.462 e. The molecule has 2 heterocycles. The van der Waals surface area contributed by atoms with Gasteiger partial charge in [0.25, 0.3) is 16.5 Å². The van der Waals surface area contributed by atoms with Crippen LogP contribution in [0.2, 0.25) is 0 Å². The smallest absolute Gasteiger partial charge is 0.462 e. The second kappa shape index (κ2) is 9.67. The number of halogens is 3. The van der Waals surface area contributed by atoms with E-state index in [9.17, 15) is 26.4 Å². The Morgan fingerprint density at radius 2 is 1.76 bits per heavy atom. The van der Waals surface area contributed by atoms with Crippen LogP contribution in [0.1, 0.15) is 32.3 Å². The van der Waals surface area contributed by atoms with E-state index in [1.807, 2.05) is 32.9 Å². The summed E-state index contributed by atoms with van der Waals surface area (Å²) in [5.74, 6) is -0.176. The Kier molecular flexibility index (Phi) is 7.27. The van der Waals surface area contributed by atoms with Crippen molar-refractivity contribution >= 4 is 27.4 Å². The van der Waals surface area contributed by atoms with Crippen LogP contribution in [-0.2, 0) is 19.6 Å². The van der Waals surface area contributed by atoms with Gasteiger partial charge in [0.15, 0.2) is 0 Å². The molecule has 0 spiro atoms. The van der Waals surface area contributed by atoms with E-state index in [4.69, 9.17) is 0 Å². The number of carbonyl (C=O) groups is 1. The van der Waals surface area contributed by atoms with Crippen molar-refractivity contribution in [3.05, 3.63) is 60.3 Å². The molecule has 184 valence electrons. The van der Waals surface area contributed by atoms with Crippen LogP contribution in [0, 0.1) is 0 Å². The number of alkyl halides is 3. The topological polar surface area (TPSA) is 86.6 Å². The molecule has 1 aromatic heterocycles. The van der Waals surface area contributed by atoms with Gasteiger partial charge in [0.2, 0.25) is 0 Å². The summed E-state index contributed by atoms with van der Waals surface area (Å²) in [5.41, 5.74) is 1.27. The molecule has 11 heteroatoms. The second-order valence-corrected chi connectivity index (χ2v) is 10.5. The van der Waals surface area contributed by atoms with Crippen LogP contribution in [0.3, 0.4) is 0 Å². The number of benzene rings is 2. The molecule has 34 heavy (non-hydrogen) atoms. The second-order valence-electron chi connectivity index (χ2n) is 8.64. The molecule has 0 saturated carbocycles. The average molecular weight is 499 g/mol. The van der Waals surface area contributed by atoms with Gasteiger partial charge in [0.1, 0.15) is 11.4 Å². The summed E-state index contributed by atoms with van der Waals surface area (Å²) in [4.78, 5) is 9.31. The lowest BCUT2D eigenvalue weighted by Crippen LogP contribution is -2.39. The van der Waals surface area contributed by atoms with Crippen molar-refractivity contribution in [2.45, 2.75) is 43.5 Å². The van der Waals surface area contributed by atoms with E-state index >= 15 is 0 Å². The maximum Gasteiger partial charge on any atom is 0.573 e. The average Bonchev–Trinajstić information content (AvgIpc) is 3.09. The fourth-order valence-corrected chi connectivity index (χ4v) is 4.60. The van der Waals surface area contributed by atoms with Crippen molar-refractivity contribution in [1.29, 1.82) is 0 Å². The van der Waals surface area contributed by atoms with E-state index in [2.05, 4.69) is 14.8 Å². The van der Waals surface area contributed by atoms with Gasteiger partial charge in [-0.2, -0.15) is 0 Å². The lowest BCUT2D eigenvalue weighted by Gasteiger charge is -2.27. The molecule has 4 rings (SSSR count). The maximum atomic E-state index is 12.9. The standard InChI is InChI=1S/C18H15F3N2O3S.C5H10O2/c19-18(20,21)26-15-2-1-3-16(9-15)27(24,25)23-7-6-13-8-12(4-5-17(13)23)14-10-22-11-14;1-5(2,3)7-4-6/h1-9,14,22H,10-11H2;4H,1-3H3. The molecule has 1 N–H and O–H groups in total. The predicted molar refractivity (Wildman–Crippen MR) is 120 cm³/mol. The molecule has 0 aliphatic carbocycles. The summed E-state index contributed by atoms with van der Waals surface area (Å²) in [6.07, 6.45) is -3.49. The minimum absolute atomic E-state index is 0.283. The van der Waals surface area contributed by atoms with E-state index in [1.54, 1.807) is 12.1 Å². The number of hydrogen-bond acceptors (Lipinski definition) is 6. The Morgan fingerprint density at radius 1 is 1.06 bits per heavy atom. The Morgan fingerprint density at radius 3 is 2.29 bits per heavy atom. The Labute approximate surface area is 195 Å². The lowest BCUT2D eigenvalue weighted by molar-refractivity contribution is -0.274. The molecule has 1 aliphatic rings. The highest BCUT2D eigenvalue weighted by Gasteiger charge is 2.31. The third kappa shape index (κ3) is 6.29. The van der Waals surface area contributed by atoms with E-state index < -0.39 is 22.1 Å². The lowest BCUT2D eigenvalue weighted by atomic mass is 9.93. The number of ether oxygens (including phenoxy) is 2. The summed E-state index contributed by atoms with van der Waals surface area (Å²) in [7, 11) is -4.07. The van der Waals surface area contributed by atoms with Gasteiger partial charge in [-0.1, -0.05) is 12.1 Å². The van der Waals surface area contributed by atoms with Gasteiger partial charge in [0, 0.05) is 36.7 Å². The Bertz CT molecular complexity index is 1260. The number of fused-ring (bicyclic) bond motifs is 1. The molecule has 3 aromatic rings. The molecule has 1 aliphatic heterocycles. The van der Waals surface area contributed by atoms with Gasteiger partial charge in [-0.05, 0) is 56.7 Å². The molecule has 0 unspecified atom stereocenters. The molecular formula is C23H25F3N2O5S. The van der Waals surface area contributed by atoms with Crippen LogP contribution in [-0.4, -0.2) is 43.9 Å². The summed E-state index contributed by atoms with van der Waals surface area (Å²) in [6.45, 7) is 7.69. The van der Waals surface area contributed by atoms with Gasteiger partial charge >= 0.3 is 6.36 Å². The van der Waals surface area contributed by atoms with Crippen molar-refractivity contribution in [3.8, 4) is 5.75 Å². The molecular weight excluding hydrogens is 473 g/mol. The van der Waals surface area contributed by atoms with Crippen LogP contribution in [0.4, 0.5) is 13.2 Å². The number of aromatic nitrogens is 1. The highest BCUT2D eigenvalue weighted by Crippen LogP contribution is 2.29. The molecule has 0 radical (unpaired) electrons. The van der Waals surface area contributed by atoms with Crippen molar-refractivity contribution in [2.75, 3.05) is 13.1 Å². The summed E-state index contributed by atoms with van der Waals surface area (Å²) in [6, 6.07) is 11.6. The van der Waals surface area contributed by atoms with Crippen LogP contribution in [0.5, 0.6) is 5.75 Å². The first-order chi connectivity index (χ1) is 15.8. The first-order valence-corrected chi connectivity index (χ1v) is 11.8. The summed E-state index contributed by atoms with van der Waals surface area (Å²) >= 11 is 0. The zero-order valence-electron chi connectivity index (χ0n) is 18.8. The van der Waals surface area contributed by atoms with Gasteiger partial charge in [0.05, 0.1) is 10.4 Å². The number of carbonyl (C=O) groups excluding carboxylic acids is 1. The largest absolute Gasteiger partial charge is 0.573 e. The third-order valence-corrected chi connectivity index (χ3v) is 6.61. The van der Waals surface area contributed by atoms with Gasteiger partial charge in [-0.25, -0.2) is 12.4 Å². The molecule has 0 bridgehead atoms. The Balaban J connectivity index is 0.000000406. The third-order valence-electron chi connectivity index (χ3n) is 4.93. The SMILES string of the molecule is CC(C)(C)OC=O.O=S(=O)(c1cccc(OC(F)(F)F)c1)n1ccc2cc(C3CNC3)ccc21. The number of hydrogen-bond donors (Lipinski definition) is 1. The van der Waals surface area contributed by atoms with Crippen LogP contribution >= 0.6 is 0 Å². The van der Waals surface area contributed by atoms with Crippen LogP contribution < -0.4 is 10.1 Å². The zero-order chi connectivity index (χ0) is 25.1. The number of rotatable bonds is 5. The number of nitrogens with zero attached hydrogens (tertiary/aromatic N) is 1. The van der Waals surface area contributed by atoms with Crippen molar-refractivity contribution in [1.82, 2.24) is 9.29 Å². The highest BCUT2D eigenvalue weighted by atomic mass is 32.2. The quantitative estimate of drug-likeness (QED) is 0.524. The molecule has 7 nitrogen and oxygen atoms in total. The maximum absolute atomic E-state index is 12.9. The summed E-state index contributed by atoms with van der Waals surface area (Å²) in [5, 5.41) is 3.94. The van der Waals surface area contributed by atoms with Crippen LogP contribution in [0.15, 0.2) is 59.6 Å². The van der Waals surface area contributed by atoms with Gasteiger partial charge in [-0.3, -0.25) is 4.79 Å². The number of nitrogens with one attached hydrogen (secondary N) is 1. The van der Waals surface area contributed by atoms with Crippen molar-refractivity contribution < 1.29 is 35.9 Å². The van der Waals surface area contributed by atoms with E-state index in [0.717, 1.165) is 40.1 Å². The van der Waals surface area contributed by atoms with E-state index in [0.29, 0.717) is 17.9 Å². The van der Waals surface area contributed by atoms with Gasteiger partial charge < -0.3 is 14.8 Å². The van der Waals surface area contributed by atoms with E-state index in [-0.39, 0.29) is 10.5 Å². The fraction of sp³-hybridized carbons (Fsp3) is 0.348. The van der Waals surface area contributed by atoms with Crippen molar-refractivity contribution in [3.63, 3.8) is 0 Å². The van der Waals surface area contributed by atoms with Gasteiger partial charge in [-0.15, -0.1) is 13.2 Å². The highest BCUT2D eigenvalue weighted by molar-refractivity contribution is 7.90. The molecule has 1 saturated heterocycles. The molecule has 2 aromatic carbocycles. The molecule has 0 atom stereocenters. The predicted octanol–water partition coefficient (Wildman–Crippen LogP) is 4.42. The first-order valence-electron chi connectivity index (χ1n) is 10.3. The minimum atomic E-state index is -4.89. The normalized spacial score (nSPS) is 14.6. The first kappa shape index (κ1) is 25.6. The fourth-order valence-electron chi connectivity index (χ4n) is 3.21. The van der Waals surface area contributed by atoms with Crippen molar-refractivity contribution in [2.24, 2.45) is 0 Å². The zero-order valence-corrected chi connectivity index (χ0v) is 19.6. The van der Waals surface area contributed by atoms with E-state index in [1.165, 1.54) is 18.3 Å². The Hall–Kier alpha value is -3.05.